The van der Waals surface area contributed by atoms with Gasteiger partial charge >= 0.3 is 0 Å². The Balaban J connectivity index is 2.05. The van der Waals surface area contributed by atoms with Crippen LogP contribution >= 0.6 is 0 Å². The molecule has 1 atom stereocenters. The summed E-state index contributed by atoms with van der Waals surface area (Å²) in [4.78, 5) is 0. The Morgan fingerprint density at radius 1 is 1.28 bits per heavy atom. The minimum atomic E-state index is -0.950. The largest absolute Gasteiger partial charge is 0.420 e. The van der Waals surface area contributed by atoms with E-state index in [1.54, 1.807) is 5.57 Å². The molecular weight excluding hydrogens is 236 g/mol. The van der Waals surface area contributed by atoms with Gasteiger partial charge in [0.25, 0.3) is 0 Å². The molecule has 98 valence electrons. The van der Waals surface area contributed by atoms with Gasteiger partial charge < -0.3 is 4.43 Å². The molecule has 0 N–H and O–H groups in total. The summed E-state index contributed by atoms with van der Waals surface area (Å²) >= 11 is 0. The lowest BCUT2D eigenvalue weighted by Crippen LogP contribution is -2.24. The fraction of sp³-hybridized carbons (Fsp3) is 0.500. The fourth-order valence-electron chi connectivity index (χ4n) is 2.46. The van der Waals surface area contributed by atoms with Gasteiger partial charge in [-0.15, -0.1) is 0 Å². The van der Waals surface area contributed by atoms with E-state index in [1.807, 2.05) is 0 Å². The second kappa shape index (κ2) is 6.91. The van der Waals surface area contributed by atoms with E-state index in [2.05, 4.69) is 50.3 Å². The minimum absolute atomic E-state index is 0.628. The Labute approximate surface area is 113 Å². The molecule has 1 heterocycles. The van der Waals surface area contributed by atoms with Gasteiger partial charge in [-0.1, -0.05) is 62.2 Å². The van der Waals surface area contributed by atoms with Crippen molar-refractivity contribution >= 4 is 15.1 Å². The van der Waals surface area contributed by atoms with E-state index in [1.165, 1.54) is 30.5 Å². The average Bonchev–Trinajstić information content (AvgIpc) is 2.40. The van der Waals surface area contributed by atoms with Crippen molar-refractivity contribution in [3.8, 4) is 0 Å². The zero-order chi connectivity index (χ0) is 12.8. The van der Waals surface area contributed by atoms with Crippen LogP contribution in [0, 0.1) is 5.92 Å². The number of allylic oxidation sites excluding steroid dienone is 1. The van der Waals surface area contributed by atoms with Gasteiger partial charge in [-0.25, -0.2) is 0 Å². The maximum atomic E-state index is 5.99. The highest BCUT2D eigenvalue weighted by atomic mass is 28.3. The van der Waals surface area contributed by atoms with Crippen molar-refractivity contribution in [2.75, 3.05) is 6.61 Å². The van der Waals surface area contributed by atoms with Crippen LogP contribution in [-0.4, -0.2) is 15.6 Å². The van der Waals surface area contributed by atoms with E-state index in [0.29, 0.717) is 5.92 Å². The van der Waals surface area contributed by atoms with Crippen LogP contribution in [0.5, 0.6) is 0 Å². The Hall–Kier alpha value is -0.863. The lowest BCUT2D eigenvalue weighted by molar-refractivity contribution is 0.287. The zero-order valence-electron chi connectivity index (χ0n) is 11.6. The number of hydrogen-bond donors (Lipinski definition) is 0. The highest BCUT2D eigenvalue weighted by molar-refractivity contribution is 6.52. The van der Waals surface area contributed by atoms with E-state index >= 15 is 0 Å². The molecule has 2 heteroatoms. The Bertz CT molecular complexity index is 377. The van der Waals surface area contributed by atoms with Crippen molar-refractivity contribution in [1.82, 2.24) is 0 Å². The SMILES string of the molecule is CC(C)C(=Cc1ccccc1)C[SiH]1CCCCO1. The van der Waals surface area contributed by atoms with Gasteiger partial charge in [0.2, 0.25) is 0 Å². The molecule has 1 aromatic rings. The molecule has 0 aliphatic carbocycles. The summed E-state index contributed by atoms with van der Waals surface area (Å²) in [5.41, 5.74) is 2.89. The average molecular weight is 260 g/mol. The van der Waals surface area contributed by atoms with Crippen LogP contribution < -0.4 is 0 Å². The van der Waals surface area contributed by atoms with Crippen molar-refractivity contribution in [3.05, 3.63) is 41.5 Å². The van der Waals surface area contributed by atoms with Gasteiger partial charge in [0.05, 0.1) is 0 Å². The molecule has 1 nitrogen and oxygen atoms in total. The van der Waals surface area contributed by atoms with Crippen LogP contribution in [0.25, 0.3) is 6.08 Å². The van der Waals surface area contributed by atoms with Gasteiger partial charge in [-0.05, 0) is 30.0 Å². The molecule has 0 amide bonds. The summed E-state index contributed by atoms with van der Waals surface area (Å²) in [6, 6.07) is 13.3. The maximum absolute atomic E-state index is 5.99. The molecule has 1 unspecified atom stereocenters. The Kier molecular flexibility index (Phi) is 5.21. The maximum Gasteiger partial charge on any atom is 0.180 e. The van der Waals surface area contributed by atoms with Gasteiger partial charge in [0.15, 0.2) is 9.04 Å². The summed E-state index contributed by atoms with van der Waals surface area (Å²) in [6.45, 7) is 5.60. The number of rotatable bonds is 4. The van der Waals surface area contributed by atoms with Crippen LogP contribution in [0.15, 0.2) is 35.9 Å². The van der Waals surface area contributed by atoms with Gasteiger partial charge in [-0.3, -0.25) is 0 Å². The van der Waals surface area contributed by atoms with E-state index in [0.717, 1.165) is 6.61 Å². The molecule has 18 heavy (non-hydrogen) atoms. The molecule has 0 spiro atoms. The van der Waals surface area contributed by atoms with Crippen LogP contribution in [0.2, 0.25) is 12.1 Å². The van der Waals surface area contributed by atoms with E-state index in [9.17, 15) is 0 Å². The lowest BCUT2D eigenvalue weighted by Gasteiger charge is -2.23. The predicted molar refractivity (Wildman–Crippen MR) is 81.2 cm³/mol. The van der Waals surface area contributed by atoms with Crippen molar-refractivity contribution in [2.45, 2.75) is 38.8 Å². The highest BCUT2D eigenvalue weighted by Crippen LogP contribution is 2.24. The fourth-order valence-corrected chi connectivity index (χ4v) is 5.30. The van der Waals surface area contributed by atoms with Gasteiger partial charge in [-0.2, -0.15) is 0 Å². The highest BCUT2D eigenvalue weighted by Gasteiger charge is 2.19. The van der Waals surface area contributed by atoms with Crippen LogP contribution in [0.1, 0.15) is 32.3 Å². The second-order valence-electron chi connectivity index (χ2n) is 5.48. The summed E-state index contributed by atoms with van der Waals surface area (Å²) in [5, 5.41) is 0. The molecule has 1 aliphatic rings. The number of benzene rings is 1. The molecular formula is C16H24OSi. The molecule has 0 radical (unpaired) electrons. The third kappa shape index (κ3) is 4.11. The van der Waals surface area contributed by atoms with Crippen molar-refractivity contribution in [3.63, 3.8) is 0 Å². The molecule has 1 aliphatic heterocycles. The van der Waals surface area contributed by atoms with Crippen molar-refractivity contribution < 1.29 is 4.43 Å². The smallest absolute Gasteiger partial charge is 0.180 e. The van der Waals surface area contributed by atoms with Crippen LogP contribution in [-0.2, 0) is 4.43 Å². The lowest BCUT2D eigenvalue weighted by atomic mass is 10.0. The number of hydrogen-bond acceptors (Lipinski definition) is 1. The first kappa shape index (κ1) is 13.6. The molecule has 0 aromatic heterocycles. The monoisotopic (exact) mass is 260 g/mol. The van der Waals surface area contributed by atoms with Gasteiger partial charge in [0.1, 0.15) is 0 Å². The first-order chi connectivity index (χ1) is 8.75. The molecule has 1 aromatic carbocycles. The van der Waals surface area contributed by atoms with E-state index in [4.69, 9.17) is 4.43 Å². The Morgan fingerprint density at radius 2 is 2.06 bits per heavy atom. The van der Waals surface area contributed by atoms with E-state index in [-0.39, 0.29) is 0 Å². The summed E-state index contributed by atoms with van der Waals surface area (Å²) in [6.07, 6.45) is 5.02. The topological polar surface area (TPSA) is 9.23 Å². The summed E-state index contributed by atoms with van der Waals surface area (Å²) < 4.78 is 5.99. The predicted octanol–water partition coefficient (Wildman–Crippen LogP) is 4.26. The first-order valence-electron chi connectivity index (χ1n) is 7.13. The van der Waals surface area contributed by atoms with Crippen molar-refractivity contribution in [2.24, 2.45) is 5.92 Å². The Morgan fingerprint density at radius 3 is 2.67 bits per heavy atom. The summed E-state index contributed by atoms with van der Waals surface area (Å²) in [5.74, 6) is 0.628. The quantitative estimate of drug-likeness (QED) is 0.735. The van der Waals surface area contributed by atoms with E-state index < -0.39 is 9.04 Å². The molecule has 0 saturated carbocycles. The normalized spacial score (nSPS) is 21.3. The third-order valence-electron chi connectivity index (χ3n) is 3.63. The molecule has 2 rings (SSSR count). The summed E-state index contributed by atoms with van der Waals surface area (Å²) in [7, 11) is -0.950. The van der Waals surface area contributed by atoms with Crippen LogP contribution in [0.3, 0.4) is 0 Å². The minimum Gasteiger partial charge on any atom is -0.420 e. The molecule has 1 fully saturated rings. The second-order valence-corrected chi connectivity index (χ2v) is 8.04. The molecule has 0 bridgehead atoms. The first-order valence-corrected chi connectivity index (χ1v) is 9.23. The molecule has 1 saturated heterocycles. The van der Waals surface area contributed by atoms with Gasteiger partial charge in [0, 0.05) is 6.61 Å². The van der Waals surface area contributed by atoms with Crippen molar-refractivity contribution in [1.29, 1.82) is 0 Å². The third-order valence-corrected chi connectivity index (χ3v) is 6.32. The zero-order valence-corrected chi connectivity index (χ0v) is 12.7. The standard InChI is InChI=1S/C16H24OSi/c1-14(2)16(12-15-8-4-3-5-9-15)13-18-11-7-6-10-17-18/h3-5,8-9,12,14,18H,6-7,10-11,13H2,1-2H3. The van der Waals surface area contributed by atoms with Crippen LogP contribution in [0.4, 0.5) is 0 Å².